The van der Waals surface area contributed by atoms with Crippen LogP contribution in [0.3, 0.4) is 0 Å². The number of hydrogen-bond donors (Lipinski definition) is 2. The lowest BCUT2D eigenvalue weighted by atomic mass is 10.2. The molecule has 1 heterocycles. The van der Waals surface area contributed by atoms with Crippen molar-refractivity contribution in [3.63, 3.8) is 0 Å². The van der Waals surface area contributed by atoms with Crippen LogP contribution in [0.4, 0.5) is 11.4 Å². The van der Waals surface area contributed by atoms with Crippen LogP contribution >= 0.6 is 12.2 Å². The molecule has 1 aromatic heterocycles. The first-order valence-electron chi connectivity index (χ1n) is 8.63. The first-order chi connectivity index (χ1) is 13.9. The van der Waals surface area contributed by atoms with Crippen molar-refractivity contribution in [3.8, 4) is 11.3 Å². The molecule has 8 heteroatoms. The van der Waals surface area contributed by atoms with Crippen molar-refractivity contribution in [2.45, 2.75) is 6.92 Å². The van der Waals surface area contributed by atoms with Crippen LogP contribution in [0.5, 0.6) is 0 Å². The molecule has 1 amide bonds. The zero-order valence-corrected chi connectivity index (χ0v) is 16.2. The van der Waals surface area contributed by atoms with Gasteiger partial charge in [0.05, 0.1) is 4.92 Å². The number of carbonyl (C=O) groups excluding carboxylic acids is 1. The van der Waals surface area contributed by atoms with Crippen molar-refractivity contribution in [1.29, 1.82) is 0 Å². The fourth-order valence-electron chi connectivity index (χ4n) is 2.52. The number of amides is 1. The third kappa shape index (κ3) is 5.36. The molecule has 0 unspecified atom stereocenters. The molecule has 0 bridgehead atoms. The SMILES string of the molecule is Cc1ccc([N+](=O)[O-])cc1NC(=S)NC(=O)C=Cc1ccc(-c2ccccc2)o1. The van der Waals surface area contributed by atoms with Crippen LogP contribution in [0, 0.1) is 17.0 Å². The summed E-state index contributed by atoms with van der Waals surface area (Å²) < 4.78 is 5.69. The molecule has 0 fully saturated rings. The molecule has 29 heavy (non-hydrogen) atoms. The Kier molecular flexibility index (Phi) is 6.16. The van der Waals surface area contributed by atoms with Crippen molar-refractivity contribution in [3.05, 3.63) is 88.2 Å². The highest BCUT2D eigenvalue weighted by atomic mass is 32.1. The summed E-state index contributed by atoms with van der Waals surface area (Å²) in [7, 11) is 0. The van der Waals surface area contributed by atoms with Gasteiger partial charge >= 0.3 is 0 Å². The summed E-state index contributed by atoms with van der Waals surface area (Å²) >= 11 is 5.11. The molecule has 0 aliphatic rings. The Labute approximate surface area is 172 Å². The lowest BCUT2D eigenvalue weighted by Crippen LogP contribution is -2.33. The number of rotatable bonds is 5. The maximum Gasteiger partial charge on any atom is 0.271 e. The molecular formula is C21H17N3O4S. The Bertz CT molecular complexity index is 1090. The van der Waals surface area contributed by atoms with Gasteiger partial charge in [0.2, 0.25) is 5.91 Å². The van der Waals surface area contributed by atoms with Crippen LogP contribution in [-0.4, -0.2) is 15.9 Å². The van der Waals surface area contributed by atoms with Crippen LogP contribution in [0.2, 0.25) is 0 Å². The summed E-state index contributed by atoms with van der Waals surface area (Å²) in [5, 5.41) is 16.2. The normalized spacial score (nSPS) is 10.7. The smallest absolute Gasteiger partial charge is 0.271 e. The fourth-order valence-corrected chi connectivity index (χ4v) is 2.73. The molecule has 0 spiro atoms. The van der Waals surface area contributed by atoms with Gasteiger partial charge in [-0.25, -0.2) is 0 Å². The van der Waals surface area contributed by atoms with Gasteiger partial charge in [-0.3, -0.25) is 20.2 Å². The number of nitrogens with one attached hydrogen (secondary N) is 2. The maximum absolute atomic E-state index is 12.1. The lowest BCUT2D eigenvalue weighted by Gasteiger charge is -2.10. The van der Waals surface area contributed by atoms with E-state index >= 15 is 0 Å². The number of non-ortho nitro benzene ring substituents is 1. The molecule has 0 atom stereocenters. The number of furan rings is 1. The standard InChI is InChI=1S/C21H17N3O4S/c1-14-7-8-16(24(26)27)13-18(14)22-21(29)23-20(25)12-10-17-9-11-19(28-17)15-5-3-2-4-6-15/h2-13H,1H3,(H2,22,23,25,29). The molecule has 0 aliphatic heterocycles. The van der Waals surface area contributed by atoms with Crippen LogP contribution in [0.15, 0.2) is 71.2 Å². The summed E-state index contributed by atoms with van der Waals surface area (Å²) in [5.74, 6) is 0.764. The minimum absolute atomic E-state index is 0.0349. The largest absolute Gasteiger partial charge is 0.457 e. The number of nitro benzene ring substituents is 1. The molecule has 0 aliphatic carbocycles. The van der Waals surface area contributed by atoms with Crippen LogP contribution in [0.1, 0.15) is 11.3 Å². The predicted molar refractivity (Wildman–Crippen MR) is 115 cm³/mol. The van der Waals surface area contributed by atoms with E-state index < -0.39 is 10.8 Å². The van der Waals surface area contributed by atoms with E-state index in [9.17, 15) is 14.9 Å². The number of carbonyl (C=O) groups is 1. The van der Waals surface area contributed by atoms with Crippen LogP contribution < -0.4 is 10.6 Å². The molecule has 0 saturated carbocycles. The van der Waals surface area contributed by atoms with Gasteiger partial charge in [-0.05, 0) is 42.9 Å². The molecule has 3 rings (SSSR count). The highest BCUT2D eigenvalue weighted by Crippen LogP contribution is 2.23. The fraction of sp³-hybridized carbons (Fsp3) is 0.0476. The van der Waals surface area contributed by atoms with E-state index in [1.54, 1.807) is 19.1 Å². The van der Waals surface area contributed by atoms with E-state index in [1.165, 1.54) is 24.3 Å². The van der Waals surface area contributed by atoms with E-state index in [1.807, 2.05) is 36.4 Å². The number of nitrogens with zero attached hydrogens (tertiary/aromatic N) is 1. The zero-order chi connectivity index (χ0) is 20.8. The average Bonchev–Trinajstić information content (AvgIpc) is 3.17. The van der Waals surface area contributed by atoms with Gasteiger partial charge in [-0.2, -0.15) is 0 Å². The minimum Gasteiger partial charge on any atom is -0.457 e. The average molecular weight is 407 g/mol. The maximum atomic E-state index is 12.1. The number of thiocarbonyl (C=S) groups is 1. The zero-order valence-electron chi connectivity index (χ0n) is 15.4. The Morgan fingerprint density at radius 3 is 2.62 bits per heavy atom. The number of benzene rings is 2. The molecule has 0 saturated heterocycles. The first-order valence-corrected chi connectivity index (χ1v) is 9.03. The molecule has 146 valence electrons. The molecule has 7 nitrogen and oxygen atoms in total. The van der Waals surface area contributed by atoms with Gasteiger partial charge < -0.3 is 9.73 Å². The van der Waals surface area contributed by atoms with E-state index in [4.69, 9.17) is 16.6 Å². The number of hydrogen-bond acceptors (Lipinski definition) is 5. The highest BCUT2D eigenvalue weighted by Gasteiger charge is 2.10. The summed E-state index contributed by atoms with van der Waals surface area (Å²) in [5.41, 5.74) is 2.08. The summed E-state index contributed by atoms with van der Waals surface area (Å²) in [6.07, 6.45) is 2.82. The third-order valence-corrected chi connectivity index (χ3v) is 4.21. The number of aryl methyl sites for hydroxylation is 1. The van der Waals surface area contributed by atoms with Crippen molar-refractivity contribution in [2.75, 3.05) is 5.32 Å². The third-order valence-electron chi connectivity index (χ3n) is 4.00. The Balaban J connectivity index is 1.59. The Hall–Kier alpha value is -3.78. The van der Waals surface area contributed by atoms with Crippen LogP contribution in [-0.2, 0) is 4.79 Å². The van der Waals surface area contributed by atoms with Gasteiger partial charge in [-0.1, -0.05) is 36.4 Å². The van der Waals surface area contributed by atoms with Gasteiger partial charge in [0.1, 0.15) is 11.5 Å². The van der Waals surface area contributed by atoms with Crippen molar-refractivity contribution >= 4 is 40.7 Å². The Morgan fingerprint density at radius 2 is 1.90 bits per heavy atom. The van der Waals surface area contributed by atoms with Gasteiger partial charge in [0.15, 0.2) is 5.11 Å². The molecule has 0 radical (unpaired) electrons. The Morgan fingerprint density at radius 1 is 1.14 bits per heavy atom. The molecule has 3 aromatic rings. The first kappa shape index (κ1) is 20.0. The molecule has 2 aromatic carbocycles. The van der Waals surface area contributed by atoms with Crippen molar-refractivity contribution in [2.24, 2.45) is 0 Å². The summed E-state index contributed by atoms with van der Waals surface area (Å²) in [4.78, 5) is 22.5. The quantitative estimate of drug-likeness (QED) is 0.276. The second-order valence-corrected chi connectivity index (χ2v) is 6.51. The van der Waals surface area contributed by atoms with Gasteiger partial charge in [0, 0.05) is 29.5 Å². The molecular weight excluding hydrogens is 390 g/mol. The number of anilines is 1. The van der Waals surface area contributed by atoms with E-state index in [0.29, 0.717) is 17.2 Å². The predicted octanol–water partition coefficient (Wildman–Crippen LogP) is 4.69. The van der Waals surface area contributed by atoms with E-state index in [2.05, 4.69) is 10.6 Å². The summed E-state index contributed by atoms with van der Waals surface area (Å²) in [6, 6.07) is 17.6. The van der Waals surface area contributed by atoms with E-state index in [0.717, 1.165) is 11.1 Å². The topological polar surface area (TPSA) is 97.4 Å². The van der Waals surface area contributed by atoms with E-state index in [-0.39, 0.29) is 10.8 Å². The van der Waals surface area contributed by atoms with Crippen LogP contribution in [0.25, 0.3) is 17.4 Å². The number of nitro groups is 1. The highest BCUT2D eigenvalue weighted by molar-refractivity contribution is 7.80. The summed E-state index contributed by atoms with van der Waals surface area (Å²) in [6.45, 7) is 1.78. The minimum atomic E-state index is -0.498. The van der Waals surface area contributed by atoms with Crippen molar-refractivity contribution in [1.82, 2.24) is 5.32 Å². The van der Waals surface area contributed by atoms with Gasteiger partial charge in [0.25, 0.3) is 5.69 Å². The second kappa shape index (κ2) is 8.94. The molecule has 2 N–H and O–H groups in total. The lowest BCUT2D eigenvalue weighted by molar-refractivity contribution is -0.384. The van der Waals surface area contributed by atoms with Gasteiger partial charge in [-0.15, -0.1) is 0 Å². The second-order valence-electron chi connectivity index (χ2n) is 6.10. The van der Waals surface area contributed by atoms with Crippen molar-refractivity contribution < 1.29 is 14.1 Å². The monoisotopic (exact) mass is 407 g/mol.